The van der Waals surface area contributed by atoms with E-state index in [2.05, 4.69) is 19.1 Å². The summed E-state index contributed by atoms with van der Waals surface area (Å²) in [7, 11) is 1.65. The van der Waals surface area contributed by atoms with Crippen molar-refractivity contribution in [3.8, 4) is 5.75 Å². The van der Waals surface area contributed by atoms with Gasteiger partial charge in [-0.2, -0.15) is 0 Å². The zero-order valence-corrected chi connectivity index (χ0v) is 16.2. The van der Waals surface area contributed by atoms with Gasteiger partial charge in [0.1, 0.15) is 5.75 Å². The highest BCUT2D eigenvalue weighted by molar-refractivity contribution is 5.79. The number of rotatable bonds is 6. The van der Waals surface area contributed by atoms with Crippen LogP contribution in [0.2, 0.25) is 0 Å². The Balaban J connectivity index is 1.80. The van der Waals surface area contributed by atoms with Crippen LogP contribution >= 0.6 is 0 Å². The molecule has 4 heteroatoms. The SMILES string of the molecule is COc1ccc(CN(Cc2ccccc2C)C(=O)[C@@H]2CCC[C@@H](O)C2)cc1. The van der Waals surface area contributed by atoms with Crippen LogP contribution in [0.15, 0.2) is 48.5 Å². The van der Waals surface area contributed by atoms with Gasteiger partial charge in [-0.1, -0.05) is 42.8 Å². The Hall–Kier alpha value is -2.33. The highest BCUT2D eigenvalue weighted by Crippen LogP contribution is 2.28. The Labute approximate surface area is 161 Å². The summed E-state index contributed by atoms with van der Waals surface area (Å²) in [4.78, 5) is 15.2. The standard InChI is InChI=1S/C23H29NO3/c1-17-6-3-4-7-20(17)16-24(15-18-10-12-22(27-2)13-11-18)23(26)19-8-5-9-21(25)14-19/h3-4,6-7,10-13,19,21,25H,5,8-9,14-16H2,1-2H3/t19-,21-/m1/s1. The Bertz CT molecular complexity index is 756. The highest BCUT2D eigenvalue weighted by Gasteiger charge is 2.29. The molecular weight excluding hydrogens is 338 g/mol. The van der Waals surface area contributed by atoms with Crippen molar-refractivity contribution in [2.24, 2.45) is 5.92 Å². The van der Waals surface area contributed by atoms with Crippen LogP contribution in [-0.4, -0.2) is 29.1 Å². The number of carbonyl (C=O) groups excluding carboxylic acids is 1. The number of nitrogens with zero attached hydrogens (tertiary/aromatic N) is 1. The van der Waals surface area contributed by atoms with Gasteiger partial charge in [-0.25, -0.2) is 0 Å². The lowest BCUT2D eigenvalue weighted by Gasteiger charge is -2.31. The van der Waals surface area contributed by atoms with E-state index in [0.29, 0.717) is 19.5 Å². The third kappa shape index (κ3) is 5.10. The third-order valence-corrected chi connectivity index (χ3v) is 5.46. The molecule has 0 saturated heterocycles. The molecule has 0 unspecified atom stereocenters. The zero-order chi connectivity index (χ0) is 19.2. The van der Waals surface area contributed by atoms with Crippen LogP contribution in [0.1, 0.15) is 42.4 Å². The van der Waals surface area contributed by atoms with Crippen molar-refractivity contribution >= 4 is 5.91 Å². The molecule has 4 nitrogen and oxygen atoms in total. The monoisotopic (exact) mass is 367 g/mol. The minimum absolute atomic E-state index is 0.0870. The van der Waals surface area contributed by atoms with Crippen molar-refractivity contribution < 1.29 is 14.6 Å². The van der Waals surface area contributed by atoms with Gasteiger partial charge in [0.25, 0.3) is 0 Å². The van der Waals surface area contributed by atoms with Crippen LogP contribution < -0.4 is 4.74 Å². The van der Waals surface area contributed by atoms with Crippen LogP contribution in [0.25, 0.3) is 0 Å². The fourth-order valence-electron chi connectivity index (χ4n) is 3.80. The number of hydrogen-bond acceptors (Lipinski definition) is 3. The van der Waals surface area contributed by atoms with Gasteiger partial charge in [0, 0.05) is 19.0 Å². The molecule has 0 bridgehead atoms. The molecule has 27 heavy (non-hydrogen) atoms. The van der Waals surface area contributed by atoms with Crippen molar-refractivity contribution in [2.45, 2.75) is 51.8 Å². The number of hydrogen-bond donors (Lipinski definition) is 1. The third-order valence-electron chi connectivity index (χ3n) is 5.46. The summed E-state index contributed by atoms with van der Waals surface area (Å²) in [5.41, 5.74) is 3.43. The van der Waals surface area contributed by atoms with Gasteiger partial charge in [-0.3, -0.25) is 4.79 Å². The Morgan fingerprint density at radius 3 is 2.52 bits per heavy atom. The van der Waals surface area contributed by atoms with Crippen molar-refractivity contribution in [3.63, 3.8) is 0 Å². The molecule has 1 amide bonds. The van der Waals surface area contributed by atoms with E-state index in [9.17, 15) is 9.90 Å². The molecule has 1 fully saturated rings. The van der Waals surface area contributed by atoms with E-state index in [4.69, 9.17) is 4.74 Å². The fourth-order valence-corrected chi connectivity index (χ4v) is 3.80. The number of aliphatic hydroxyl groups is 1. The van der Waals surface area contributed by atoms with Crippen LogP contribution in [0.3, 0.4) is 0 Å². The van der Waals surface area contributed by atoms with Gasteiger partial charge < -0.3 is 14.7 Å². The van der Waals surface area contributed by atoms with Crippen molar-refractivity contribution in [2.75, 3.05) is 7.11 Å². The smallest absolute Gasteiger partial charge is 0.226 e. The first-order chi connectivity index (χ1) is 13.1. The van der Waals surface area contributed by atoms with Gasteiger partial charge in [-0.15, -0.1) is 0 Å². The van der Waals surface area contributed by atoms with Gasteiger partial charge in [-0.05, 0) is 55.0 Å². The highest BCUT2D eigenvalue weighted by atomic mass is 16.5. The van der Waals surface area contributed by atoms with Crippen LogP contribution in [-0.2, 0) is 17.9 Å². The summed E-state index contributed by atoms with van der Waals surface area (Å²) in [5, 5.41) is 10.0. The van der Waals surface area contributed by atoms with Crippen molar-refractivity contribution in [3.05, 3.63) is 65.2 Å². The Morgan fingerprint density at radius 1 is 1.11 bits per heavy atom. The Morgan fingerprint density at radius 2 is 1.85 bits per heavy atom. The number of aliphatic hydroxyl groups excluding tert-OH is 1. The second kappa shape index (κ2) is 9.05. The summed E-state index contributed by atoms with van der Waals surface area (Å²) >= 11 is 0. The maximum atomic E-state index is 13.3. The molecule has 0 heterocycles. The first-order valence-corrected chi connectivity index (χ1v) is 9.71. The molecule has 0 aromatic heterocycles. The lowest BCUT2D eigenvalue weighted by Crippen LogP contribution is -2.38. The second-order valence-electron chi connectivity index (χ2n) is 7.49. The lowest BCUT2D eigenvalue weighted by atomic mass is 9.86. The molecule has 0 aliphatic heterocycles. The number of ether oxygens (including phenoxy) is 1. The minimum atomic E-state index is -0.353. The number of methoxy groups -OCH3 is 1. The van der Waals surface area contributed by atoms with Crippen LogP contribution in [0, 0.1) is 12.8 Å². The molecule has 3 rings (SSSR count). The van der Waals surface area contributed by atoms with Crippen molar-refractivity contribution in [1.29, 1.82) is 0 Å². The quantitative estimate of drug-likeness (QED) is 0.837. The van der Waals surface area contributed by atoms with Gasteiger partial charge >= 0.3 is 0 Å². The second-order valence-corrected chi connectivity index (χ2v) is 7.49. The average molecular weight is 367 g/mol. The molecule has 144 valence electrons. The van der Waals surface area contributed by atoms with Gasteiger partial charge in [0.2, 0.25) is 5.91 Å². The molecule has 2 atom stereocenters. The molecule has 2 aromatic rings. The minimum Gasteiger partial charge on any atom is -0.497 e. The van der Waals surface area contributed by atoms with E-state index in [-0.39, 0.29) is 17.9 Å². The predicted molar refractivity (Wildman–Crippen MR) is 106 cm³/mol. The summed E-state index contributed by atoms with van der Waals surface area (Å²) in [6.45, 7) is 3.23. The van der Waals surface area contributed by atoms with E-state index in [0.717, 1.165) is 36.1 Å². The molecule has 1 N–H and O–H groups in total. The van der Waals surface area contributed by atoms with Crippen LogP contribution in [0.4, 0.5) is 0 Å². The molecule has 0 spiro atoms. The maximum Gasteiger partial charge on any atom is 0.226 e. The van der Waals surface area contributed by atoms with Crippen LogP contribution in [0.5, 0.6) is 5.75 Å². The fraction of sp³-hybridized carbons (Fsp3) is 0.435. The summed E-state index contributed by atoms with van der Waals surface area (Å²) in [6.07, 6.45) is 2.81. The molecule has 1 aliphatic carbocycles. The average Bonchev–Trinajstić information content (AvgIpc) is 2.69. The summed E-state index contributed by atoms with van der Waals surface area (Å²) in [6, 6.07) is 16.1. The first kappa shape index (κ1) is 19.4. The normalized spacial score (nSPS) is 19.5. The molecule has 1 saturated carbocycles. The topological polar surface area (TPSA) is 49.8 Å². The lowest BCUT2D eigenvalue weighted by molar-refractivity contribution is -0.139. The summed E-state index contributed by atoms with van der Waals surface area (Å²) in [5.74, 6) is 0.870. The van der Waals surface area contributed by atoms with E-state index in [1.165, 1.54) is 5.56 Å². The molecule has 0 radical (unpaired) electrons. The van der Waals surface area contributed by atoms with Crippen molar-refractivity contribution in [1.82, 2.24) is 4.90 Å². The first-order valence-electron chi connectivity index (χ1n) is 9.71. The summed E-state index contributed by atoms with van der Waals surface area (Å²) < 4.78 is 5.23. The maximum absolute atomic E-state index is 13.3. The van der Waals surface area contributed by atoms with E-state index >= 15 is 0 Å². The van der Waals surface area contributed by atoms with Gasteiger partial charge in [0.05, 0.1) is 13.2 Å². The number of amides is 1. The zero-order valence-electron chi connectivity index (χ0n) is 16.2. The number of benzene rings is 2. The molecular formula is C23H29NO3. The number of aryl methyl sites for hydroxylation is 1. The van der Waals surface area contributed by atoms with Gasteiger partial charge in [0.15, 0.2) is 0 Å². The van der Waals surface area contributed by atoms with E-state index < -0.39 is 0 Å². The molecule has 1 aliphatic rings. The Kier molecular flexibility index (Phi) is 6.51. The van der Waals surface area contributed by atoms with E-state index in [1.807, 2.05) is 41.3 Å². The molecule has 2 aromatic carbocycles. The number of carbonyl (C=O) groups is 1. The largest absolute Gasteiger partial charge is 0.497 e. The van der Waals surface area contributed by atoms with E-state index in [1.54, 1.807) is 7.11 Å². The predicted octanol–water partition coefficient (Wildman–Crippen LogP) is 4.08.